The number of rotatable bonds is 2. The first kappa shape index (κ1) is 12.7. The molecule has 1 aromatic heterocycles. The minimum Gasteiger partial charge on any atom is -0.478 e. The summed E-state index contributed by atoms with van der Waals surface area (Å²) in [4.78, 5) is 10.9. The Labute approximate surface area is 118 Å². The Morgan fingerprint density at radius 3 is 2.70 bits per heavy atom. The van der Waals surface area contributed by atoms with Gasteiger partial charge in [-0.3, -0.25) is 0 Å². The molecule has 0 aliphatic rings. The molecule has 3 aromatic rings. The number of carbonyl (C=O) groups is 1. The first-order valence-corrected chi connectivity index (χ1v) is 6.15. The van der Waals surface area contributed by atoms with Crippen LogP contribution >= 0.6 is 11.6 Å². The van der Waals surface area contributed by atoms with E-state index < -0.39 is 11.8 Å². The lowest BCUT2D eigenvalue weighted by molar-refractivity contribution is 0.0692. The second-order valence-electron chi connectivity index (χ2n) is 4.29. The van der Waals surface area contributed by atoms with E-state index in [1.54, 1.807) is 24.3 Å². The van der Waals surface area contributed by atoms with Crippen molar-refractivity contribution in [3.63, 3.8) is 0 Å². The van der Waals surface area contributed by atoms with Crippen molar-refractivity contribution in [1.82, 2.24) is 0 Å². The van der Waals surface area contributed by atoms with Gasteiger partial charge in [0, 0.05) is 16.0 Å². The molecule has 20 heavy (non-hydrogen) atoms. The zero-order valence-electron chi connectivity index (χ0n) is 10.1. The summed E-state index contributed by atoms with van der Waals surface area (Å²) in [6.45, 7) is 0. The third-order valence-corrected chi connectivity index (χ3v) is 3.19. The summed E-state index contributed by atoms with van der Waals surface area (Å²) >= 11 is 5.89. The van der Waals surface area contributed by atoms with Gasteiger partial charge in [-0.2, -0.15) is 0 Å². The second kappa shape index (κ2) is 4.65. The van der Waals surface area contributed by atoms with Crippen LogP contribution in [0.3, 0.4) is 0 Å². The molecule has 1 N–H and O–H groups in total. The van der Waals surface area contributed by atoms with Crippen LogP contribution in [0, 0.1) is 5.82 Å². The van der Waals surface area contributed by atoms with Crippen molar-refractivity contribution >= 4 is 28.5 Å². The summed E-state index contributed by atoms with van der Waals surface area (Å²) < 4.78 is 19.0. The Kier molecular flexibility index (Phi) is 2.95. The average Bonchev–Trinajstić information content (AvgIpc) is 2.81. The lowest BCUT2D eigenvalue weighted by Crippen LogP contribution is -2.00. The normalized spacial score (nSPS) is 10.9. The molecule has 0 aliphatic carbocycles. The van der Waals surface area contributed by atoms with Crippen molar-refractivity contribution in [2.75, 3.05) is 0 Å². The molecule has 3 nitrogen and oxygen atoms in total. The van der Waals surface area contributed by atoms with Gasteiger partial charge in [0.1, 0.15) is 17.2 Å². The SMILES string of the molecule is O=C(O)c1cc(-c2cc3cc(Cl)ccc3o2)ccc1F. The highest BCUT2D eigenvalue weighted by Gasteiger charge is 2.14. The van der Waals surface area contributed by atoms with E-state index in [-0.39, 0.29) is 5.56 Å². The lowest BCUT2D eigenvalue weighted by Gasteiger charge is -2.00. The van der Waals surface area contributed by atoms with Gasteiger partial charge < -0.3 is 9.52 Å². The average molecular weight is 291 g/mol. The van der Waals surface area contributed by atoms with Crippen molar-refractivity contribution in [1.29, 1.82) is 0 Å². The third-order valence-electron chi connectivity index (χ3n) is 2.96. The van der Waals surface area contributed by atoms with Crippen molar-refractivity contribution in [3.8, 4) is 11.3 Å². The second-order valence-corrected chi connectivity index (χ2v) is 4.73. The molecule has 0 unspecified atom stereocenters. The van der Waals surface area contributed by atoms with Crippen LogP contribution in [-0.4, -0.2) is 11.1 Å². The number of fused-ring (bicyclic) bond motifs is 1. The lowest BCUT2D eigenvalue weighted by atomic mass is 10.1. The van der Waals surface area contributed by atoms with Gasteiger partial charge in [-0.1, -0.05) is 11.6 Å². The molecule has 0 bridgehead atoms. The first-order valence-electron chi connectivity index (χ1n) is 5.77. The predicted molar refractivity (Wildman–Crippen MR) is 73.6 cm³/mol. The first-order chi connectivity index (χ1) is 9.54. The van der Waals surface area contributed by atoms with Crippen molar-refractivity contribution in [2.24, 2.45) is 0 Å². The number of hydrogen-bond donors (Lipinski definition) is 1. The number of carboxylic acids is 1. The van der Waals surface area contributed by atoms with Crippen LogP contribution in [0.2, 0.25) is 5.02 Å². The molecule has 0 amide bonds. The van der Waals surface area contributed by atoms with Gasteiger partial charge in [0.25, 0.3) is 0 Å². The highest BCUT2D eigenvalue weighted by atomic mass is 35.5. The Hall–Kier alpha value is -2.33. The minimum atomic E-state index is -1.32. The summed E-state index contributed by atoms with van der Waals surface area (Å²) in [5, 5.41) is 10.3. The molecule has 100 valence electrons. The van der Waals surface area contributed by atoms with Crippen molar-refractivity contribution in [3.05, 3.63) is 58.9 Å². The fourth-order valence-electron chi connectivity index (χ4n) is 2.00. The van der Waals surface area contributed by atoms with E-state index in [0.29, 0.717) is 21.9 Å². The Morgan fingerprint density at radius 1 is 1.15 bits per heavy atom. The quantitative estimate of drug-likeness (QED) is 0.751. The van der Waals surface area contributed by atoms with Gasteiger partial charge in [-0.25, -0.2) is 9.18 Å². The van der Waals surface area contributed by atoms with E-state index in [1.807, 2.05) is 0 Å². The molecular weight excluding hydrogens is 283 g/mol. The Bertz CT molecular complexity index is 823. The van der Waals surface area contributed by atoms with Crippen LogP contribution in [0.25, 0.3) is 22.3 Å². The van der Waals surface area contributed by atoms with Crippen LogP contribution in [0.15, 0.2) is 46.9 Å². The van der Waals surface area contributed by atoms with E-state index >= 15 is 0 Å². The zero-order valence-corrected chi connectivity index (χ0v) is 10.8. The summed E-state index contributed by atoms with van der Waals surface area (Å²) in [6, 6.07) is 10.7. The van der Waals surface area contributed by atoms with E-state index in [1.165, 1.54) is 12.1 Å². The van der Waals surface area contributed by atoms with Gasteiger partial charge in [-0.15, -0.1) is 0 Å². The van der Waals surface area contributed by atoms with Crippen LogP contribution < -0.4 is 0 Å². The fraction of sp³-hybridized carbons (Fsp3) is 0. The van der Waals surface area contributed by atoms with Gasteiger partial charge in [-0.05, 0) is 42.5 Å². The van der Waals surface area contributed by atoms with Crippen molar-refractivity contribution < 1.29 is 18.7 Å². The molecule has 0 radical (unpaired) electrons. The number of hydrogen-bond acceptors (Lipinski definition) is 2. The molecule has 3 rings (SSSR count). The van der Waals surface area contributed by atoms with Gasteiger partial charge >= 0.3 is 5.97 Å². The summed E-state index contributed by atoms with van der Waals surface area (Å²) in [7, 11) is 0. The summed E-state index contributed by atoms with van der Waals surface area (Å²) in [6.07, 6.45) is 0. The maximum Gasteiger partial charge on any atom is 0.338 e. The number of furan rings is 1. The fourth-order valence-corrected chi connectivity index (χ4v) is 2.18. The number of carboxylic acid groups (broad SMARTS) is 1. The predicted octanol–water partition coefficient (Wildman–Crippen LogP) is 4.59. The summed E-state index contributed by atoms with van der Waals surface area (Å²) in [5.41, 5.74) is 0.739. The standard InChI is InChI=1S/C15H8ClFO3/c16-10-2-4-13-9(5-10)7-14(20-13)8-1-3-12(17)11(6-8)15(18)19/h1-7H,(H,18,19). The van der Waals surface area contributed by atoms with Crippen LogP contribution in [-0.2, 0) is 0 Å². The molecule has 2 aromatic carbocycles. The monoisotopic (exact) mass is 290 g/mol. The zero-order chi connectivity index (χ0) is 14.3. The maximum absolute atomic E-state index is 13.4. The van der Waals surface area contributed by atoms with E-state index in [2.05, 4.69) is 0 Å². The molecule has 0 atom stereocenters. The molecule has 0 saturated heterocycles. The van der Waals surface area contributed by atoms with Gasteiger partial charge in [0.15, 0.2) is 0 Å². The molecule has 0 aliphatic heterocycles. The summed E-state index contributed by atoms with van der Waals surface area (Å²) in [5.74, 6) is -1.63. The van der Waals surface area contributed by atoms with Crippen molar-refractivity contribution in [2.45, 2.75) is 0 Å². The highest BCUT2D eigenvalue weighted by Crippen LogP contribution is 2.30. The molecule has 1 heterocycles. The largest absolute Gasteiger partial charge is 0.478 e. The molecular formula is C15H8ClFO3. The van der Waals surface area contributed by atoms with Crippen LogP contribution in [0.1, 0.15) is 10.4 Å². The van der Waals surface area contributed by atoms with E-state index in [9.17, 15) is 9.18 Å². The van der Waals surface area contributed by atoms with E-state index in [0.717, 1.165) is 11.5 Å². The molecule has 5 heteroatoms. The number of benzene rings is 2. The topological polar surface area (TPSA) is 50.4 Å². The van der Waals surface area contributed by atoms with Gasteiger partial charge in [0.05, 0.1) is 5.56 Å². The number of aromatic carboxylic acids is 1. The minimum absolute atomic E-state index is 0.388. The van der Waals surface area contributed by atoms with E-state index in [4.69, 9.17) is 21.1 Å². The van der Waals surface area contributed by atoms with Crippen LogP contribution in [0.4, 0.5) is 4.39 Å². The maximum atomic E-state index is 13.4. The molecule has 0 fully saturated rings. The molecule has 0 saturated carbocycles. The smallest absolute Gasteiger partial charge is 0.338 e. The number of halogens is 2. The Balaban J connectivity index is 2.15. The van der Waals surface area contributed by atoms with Gasteiger partial charge in [0.2, 0.25) is 0 Å². The third kappa shape index (κ3) is 2.14. The Morgan fingerprint density at radius 2 is 1.95 bits per heavy atom. The van der Waals surface area contributed by atoms with Crippen LogP contribution in [0.5, 0.6) is 0 Å². The highest BCUT2D eigenvalue weighted by molar-refractivity contribution is 6.31. The molecule has 0 spiro atoms.